The molecule has 30 heavy (non-hydrogen) atoms. The van der Waals surface area contributed by atoms with E-state index in [4.69, 9.17) is 4.74 Å². The highest BCUT2D eigenvalue weighted by atomic mass is 19.3. The van der Waals surface area contributed by atoms with Crippen LogP contribution in [0.1, 0.15) is 43.0 Å². The number of nitrogens with one attached hydrogen (secondary N) is 1. The van der Waals surface area contributed by atoms with Crippen molar-refractivity contribution >= 4 is 5.97 Å². The van der Waals surface area contributed by atoms with Gasteiger partial charge in [0.15, 0.2) is 5.60 Å². The molecule has 2 aromatic carbocycles. The van der Waals surface area contributed by atoms with Crippen LogP contribution in [0.2, 0.25) is 0 Å². The van der Waals surface area contributed by atoms with E-state index in [1.165, 1.54) is 26.0 Å². The molecule has 0 aliphatic rings. The second-order valence-electron chi connectivity index (χ2n) is 7.94. The summed E-state index contributed by atoms with van der Waals surface area (Å²) in [5.41, 5.74) is 2.73. The molecule has 0 bridgehead atoms. The zero-order valence-electron chi connectivity index (χ0n) is 18.0. The van der Waals surface area contributed by atoms with Crippen molar-refractivity contribution < 1.29 is 28.2 Å². The van der Waals surface area contributed by atoms with Crippen LogP contribution in [-0.4, -0.2) is 29.3 Å². The molecule has 2 rings (SSSR count). The molecule has 0 unspecified atom stereocenters. The average molecular weight is 421 g/mol. The summed E-state index contributed by atoms with van der Waals surface area (Å²) in [7, 11) is 0. The fourth-order valence-electron chi connectivity index (χ4n) is 2.89. The normalized spacial score (nSPS) is 12.0. The Morgan fingerprint density at radius 3 is 2.23 bits per heavy atom. The smallest absolute Gasteiger partial charge is 0.394 e. The molecule has 0 heterocycles. The average Bonchev–Trinajstić information content (AvgIpc) is 2.62. The first-order chi connectivity index (χ1) is 13.9. The van der Waals surface area contributed by atoms with Crippen molar-refractivity contribution in [2.45, 2.75) is 59.3 Å². The molecule has 0 saturated heterocycles. The molecule has 0 saturated carbocycles. The van der Waals surface area contributed by atoms with Crippen LogP contribution < -0.4 is 14.8 Å². The topological polar surface area (TPSA) is 67.8 Å². The minimum atomic E-state index is -3.19. The Hall–Kier alpha value is -2.67. The summed E-state index contributed by atoms with van der Waals surface area (Å²) < 4.78 is 35.9. The summed E-state index contributed by atoms with van der Waals surface area (Å²) in [6.45, 7) is 8.95. The van der Waals surface area contributed by atoms with E-state index in [-0.39, 0.29) is 5.75 Å². The highest BCUT2D eigenvalue weighted by Crippen LogP contribution is 2.27. The van der Waals surface area contributed by atoms with E-state index in [1.807, 2.05) is 26.0 Å². The minimum absolute atomic E-state index is 0.130. The summed E-state index contributed by atoms with van der Waals surface area (Å²) in [5.74, 6) is -0.321. The lowest BCUT2D eigenvalue weighted by molar-refractivity contribution is -0.159. The molecule has 2 N–H and O–H groups in total. The third kappa shape index (κ3) is 6.99. The molecule has 7 heteroatoms. The first kappa shape index (κ1) is 23.6. The van der Waals surface area contributed by atoms with Crippen molar-refractivity contribution in [1.29, 1.82) is 0 Å². The number of ether oxygens (including phenoxy) is 2. The lowest BCUT2D eigenvalue weighted by Crippen LogP contribution is -2.38. The molecular weight excluding hydrogens is 392 g/mol. The number of rotatable bonds is 10. The maximum atomic E-state index is 12.9. The second-order valence-corrected chi connectivity index (χ2v) is 7.94. The van der Waals surface area contributed by atoms with Crippen LogP contribution in [-0.2, 0) is 17.8 Å². The van der Waals surface area contributed by atoms with E-state index >= 15 is 0 Å². The number of halogens is 2. The number of aryl methyl sites for hydroxylation is 2. The standard InChI is InChI=1S/C23H29F2NO4/c1-15-13-20(30-22(3,4)21(27)28)16(2)12-18(15)10-11-26-14-17-6-8-19(9-7-17)29-23(5,24)25/h6-9,12-13,26H,10-11,14H2,1-5H3,(H,27,28). The molecule has 2 aromatic rings. The van der Waals surface area contributed by atoms with Crippen LogP contribution in [0.3, 0.4) is 0 Å². The van der Waals surface area contributed by atoms with Gasteiger partial charge in [0, 0.05) is 13.5 Å². The number of carboxylic acid groups (broad SMARTS) is 1. The van der Waals surface area contributed by atoms with E-state index in [0.29, 0.717) is 19.2 Å². The number of alkyl halides is 2. The van der Waals surface area contributed by atoms with Crippen LogP contribution in [0, 0.1) is 13.8 Å². The number of carbonyl (C=O) groups is 1. The molecule has 0 aromatic heterocycles. The predicted octanol–water partition coefficient (Wildman–Crippen LogP) is 4.87. The number of hydrogen-bond acceptors (Lipinski definition) is 4. The van der Waals surface area contributed by atoms with Gasteiger partial charge in [-0.15, -0.1) is 0 Å². The lowest BCUT2D eigenvalue weighted by Gasteiger charge is -2.23. The highest BCUT2D eigenvalue weighted by molar-refractivity contribution is 5.76. The number of aliphatic carboxylic acids is 1. The quantitative estimate of drug-likeness (QED) is 0.536. The summed E-state index contributed by atoms with van der Waals surface area (Å²) in [6, 6.07) is 10.4. The van der Waals surface area contributed by atoms with Gasteiger partial charge in [-0.1, -0.05) is 18.2 Å². The molecule has 0 spiro atoms. The van der Waals surface area contributed by atoms with Gasteiger partial charge < -0.3 is 19.9 Å². The lowest BCUT2D eigenvalue weighted by atomic mass is 10.0. The van der Waals surface area contributed by atoms with E-state index in [9.17, 15) is 18.7 Å². The highest BCUT2D eigenvalue weighted by Gasteiger charge is 2.30. The van der Waals surface area contributed by atoms with E-state index in [1.54, 1.807) is 12.1 Å². The third-order valence-electron chi connectivity index (χ3n) is 4.63. The molecule has 0 fully saturated rings. The Kier molecular flexibility index (Phi) is 7.42. The van der Waals surface area contributed by atoms with Gasteiger partial charge >= 0.3 is 12.1 Å². The van der Waals surface area contributed by atoms with Gasteiger partial charge in [0.1, 0.15) is 11.5 Å². The van der Waals surface area contributed by atoms with Gasteiger partial charge in [0.2, 0.25) is 0 Å². The van der Waals surface area contributed by atoms with Crippen molar-refractivity contribution in [3.05, 3.63) is 58.7 Å². The van der Waals surface area contributed by atoms with E-state index in [2.05, 4.69) is 10.1 Å². The van der Waals surface area contributed by atoms with Crippen molar-refractivity contribution in [3.8, 4) is 11.5 Å². The fourth-order valence-corrected chi connectivity index (χ4v) is 2.89. The Labute approximate surface area is 176 Å². The molecule has 0 aliphatic heterocycles. The molecule has 0 amide bonds. The monoisotopic (exact) mass is 421 g/mol. The minimum Gasteiger partial charge on any atom is -0.478 e. The Bertz CT molecular complexity index is 874. The van der Waals surface area contributed by atoms with Crippen LogP contribution >= 0.6 is 0 Å². The Balaban J connectivity index is 1.89. The maximum Gasteiger partial charge on any atom is 0.394 e. The summed E-state index contributed by atoms with van der Waals surface area (Å²) in [4.78, 5) is 11.3. The largest absolute Gasteiger partial charge is 0.478 e. The summed E-state index contributed by atoms with van der Waals surface area (Å²) in [5, 5.41) is 12.6. The van der Waals surface area contributed by atoms with Crippen LogP contribution in [0.5, 0.6) is 11.5 Å². The molecule has 0 atom stereocenters. The first-order valence-electron chi connectivity index (χ1n) is 9.76. The van der Waals surface area contributed by atoms with Crippen molar-refractivity contribution in [2.75, 3.05) is 6.54 Å². The molecule has 0 aliphatic carbocycles. The first-order valence-corrected chi connectivity index (χ1v) is 9.76. The maximum absolute atomic E-state index is 12.9. The third-order valence-corrected chi connectivity index (χ3v) is 4.63. The van der Waals surface area contributed by atoms with Crippen LogP contribution in [0.4, 0.5) is 8.78 Å². The molecule has 5 nitrogen and oxygen atoms in total. The van der Waals surface area contributed by atoms with Gasteiger partial charge in [-0.2, -0.15) is 8.78 Å². The Morgan fingerprint density at radius 1 is 1.03 bits per heavy atom. The second kappa shape index (κ2) is 9.43. The molecule has 164 valence electrons. The zero-order valence-corrected chi connectivity index (χ0v) is 18.0. The van der Waals surface area contributed by atoms with Crippen molar-refractivity contribution in [3.63, 3.8) is 0 Å². The molecule has 0 radical (unpaired) electrons. The van der Waals surface area contributed by atoms with Crippen LogP contribution in [0.15, 0.2) is 36.4 Å². The number of carboxylic acids is 1. The summed E-state index contributed by atoms with van der Waals surface area (Å²) >= 11 is 0. The Morgan fingerprint density at radius 2 is 1.67 bits per heavy atom. The SMILES string of the molecule is Cc1cc(OC(C)(C)C(=O)O)c(C)cc1CCNCc1ccc(OC(C)(F)F)cc1. The predicted molar refractivity (Wildman–Crippen MR) is 111 cm³/mol. The summed E-state index contributed by atoms with van der Waals surface area (Å²) in [6.07, 6.45) is -2.40. The van der Waals surface area contributed by atoms with Gasteiger partial charge in [0.05, 0.1) is 0 Å². The van der Waals surface area contributed by atoms with E-state index < -0.39 is 17.7 Å². The zero-order chi connectivity index (χ0) is 22.5. The number of hydrogen-bond donors (Lipinski definition) is 2. The fraction of sp³-hybridized carbons (Fsp3) is 0.435. The van der Waals surface area contributed by atoms with Gasteiger partial charge in [-0.05, 0) is 81.1 Å². The van der Waals surface area contributed by atoms with Crippen LogP contribution in [0.25, 0.3) is 0 Å². The van der Waals surface area contributed by atoms with Crippen molar-refractivity contribution in [1.82, 2.24) is 5.32 Å². The van der Waals surface area contributed by atoms with Gasteiger partial charge in [-0.25, -0.2) is 4.79 Å². The van der Waals surface area contributed by atoms with Crippen molar-refractivity contribution in [2.24, 2.45) is 0 Å². The van der Waals surface area contributed by atoms with Gasteiger partial charge in [-0.3, -0.25) is 0 Å². The van der Waals surface area contributed by atoms with Gasteiger partial charge in [0.25, 0.3) is 0 Å². The van der Waals surface area contributed by atoms with E-state index in [0.717, 1.165) is 35.2 Å². The molecular formula is C23H29F2NO4. The number of benzene rings is 2.